The lowest BCUT2D eigenvalue weighted by atomic mass is 9.64. The second-order valence-electron chi connectivity index (χ2n) is 4.82. The second-order valence-corrected chi connectivity index (χ2v) is 5.20. The Balaban J connectivity index is 2.17. The van der Waals surface area contributed by atoms with E-state index in [1.54, 1.807) is 0 Å². The highest BCUT2D eigenvalue weighted by Gasteiger charge is 2.48. The highest BCUT2D eigenvalue weighted by atomic mass is 35.5. The number of carboxylic acid groups (broad SMARTS) is 1. The number of hydrogen-bond acceptors (Lipinski definition) is 3. The van der Waals surface area contributed by atoms with Crippen molar-refractivity contribution >= 4 is 17.6 Å². The van der Waals surface area contributed by atoms with Crippen molar-refractivity contribution in [3.63, 3.8) is 0 Å². The van der Waals surface area contributed by atoms with Crippen molar-refractivity contribution in [1.29, 1.82) is 0 Å². The second kappa shape index (κ2) is 4.27. The Morgan fingerprint density at radius 3 is 2.63 bits per heavy atom. The van der Waals surface area contributed by atoms with Crippen molar-refractivity contribution in [2.24, 2.45) is 0 Å². The van der Waals surface area contributed by atoms with Gasteiger partial charge >= 0.3 is 5.97 Å². The van der Waals surface area contributed by atoms with E-state index in [4.69, 9.17) is 21.1 Å². The molecule has 1 aromatic carbocycles. The van der Waals surface area contributed by atoms with Crippen LogP contribution in [-0.4, -0.2) is 24.3 Å². The highest BCUT2D eigenvalue weighted by Crippen LogP contribution is 2.50. The summed E-state index contributed by atoms with van der Waals surface area (Å²) >= 11 is 5.94. The molecule has 0 unspecified atom stereocenters. The molecule has 4 nitrogen and oxygen atoms in total. The first kappa shape index (κ1) is 12.5. The van der Waals surface area contributed by atoms with Gasteiger partial charge in [0.25, 0.3) is 0 Å². The molecule has 0 amide bonds. The Bertz CT molecular complexity index is 554. The molecule has 2 aliphatic rings. The van der Waals surface area contributed by atoms with Gasteiger partial charge in [0.05, 0.1) is 5.41 Å². The maximum Gasteiger partial charge on any atom is 0.314 e. The van der Waals surface area contributed by atoms with Crippen molar-refractivity contribution in [3.8, 4) is 11.5 Å². The van der Waals surface area contributed by atoms with E-state index < -0.39 is 17.2 Å². The van der Waals surface area contributed by atoms with Crippen molar-refractivity contribution in [1.82, 2.24) is 0 Å². The summed E-state index contributed by atoms with van der Waals surface area (Å²) < 4.78 is 25.0. The zero-order valence-corrected chi connectivity index (χ0v) is 10.8. The molecule has 1 aliphatic heterocycles. The number of halogens is 2. The normalized spacial score (nSPS) is 19.7. The zero-order chi connectivity index (χ0) is 13.6. The first-order chi connectivity index (χ1) is 9.06. The number of benzene rings is 1. The van der Waals surface area contributed by atoms with Gasteiger partial charge in [-0.1, -0.05) is 18.0 Å². The lowest BCUT2D eigenvalue weighted by Crippen LogP contribution is -2.43. The lowest BCUT2D eigenvalue weighted by Gasteiger charge is -2.39. The number of ether oxygens (including phenoxy) is 2. The van der Waals surface area contributed by atoms with Crippen LogP contribution in [0.1, 0.15) is 24.8 Å². The van der Waals surface area contributed by atoms with Gasteiger partial charge in [-0.2, -0.15) is 0 Å². The molecule has 0 aromatic heterocycles. The maximum absolute atomic E-state index is 14.3. The molecule has 0 radical (unpaired) electrons. The van der Waals surface area contributed by atoms with Crippen molar-refractivity contribution in [2.75, 3.05) is 13.2 Å². The summed E-state index contributed by atoms with van der Waals surface area (Å²) in [6.45, 7) is 0.643. The lowest BCUT2D eigenvalue weighted by molar-refractivity contribution is -0.147. The van der Waals surface area contributed by atoms with E-state index in [1.807, 2.05) is 0 Å². The van der Waals surface area contributed by atoms with E-state index in [2.05, 4.69) is 0 Å². The summed E-state index contributed by atoms with van der Waals surface area (Å²) in [5.41, 5.74) is -1.08. The quantitative estimate of drug-likeness (QED) is 0.908. The molecule has 1 saturated carbocycles. The zero-order valence-electron chi connectivity index (χ0n) is 10.0. The molecule has 0 spiro atoms. The van der Waals surface area contributed by atoms with Gasteiger partial charge in [-0.25, -0.2) is 4.39 Å². The summed E-state index contributed by atoms with van der Waals surface area (Å²) in [7, 11) is 0. The van der Waals surface area contributed by atoms with Gasteiger partial charge in [-0.05, 0) is 18.9 Å². The van der Waals surface area contributed by atoms with Gasteiger partial charge in [0.15, 0.2) is 11.5 Å². The van der Waals surface area contributed by atoms with Crippen LogP contribution in [0, 0.1) is 5.82 Å². The van der Waals surface area contributed by atoms with Crippen LogP contribution in [-0.2, 0) is 10.2 Å². The first-order valence-electron chi connectivity index (χ1n) is 6.08. The Morgan fingerprint density at radius 2 is 2.05 bits per heavy atom. The van der Waals surface area contributed by atoms with Gasteiger partial charge in [0.1, 0.15) is 24.1 Å². The number of carboxylic acids is 1. The van der Waals surface area contributed by atoms with E-state index >= 15 is 0 Å². The molecule has 1 fully saturated rings. The van der Waals surface area contributed by atoms with Crippen LogP contribution >= 0.6 is 11.6 Å². The molecule has 0 bridgehead atoms. The molecular formula is C13H12ClFO4. The molecule has 1 heterocycles. The Kier molecular flexibility index (Phi) is 2.82. The van der Waals surface area contributed by atoms with Crippen molar-refractivity contribution in [3.05, 3.63) is 22.5 Å². The van der Waals surface area contributed by atoms with Gasteiger partial charge < -0.3 is 14.6 Å². The number of carbonyl (C=O) groups is 1. The SMILES string of the molecule is O=C(O)C1(c2cc3c(c(Cl)c2F)OCCO3)CCC1. The minimum Gasteiger partial charge on any atom is -0.486 e. The van der Waals surface area contributed by atoms with E-state index in [1.165, 1.54) is 6.07 Å². The monoisotopic (exact) mass is 286 g/mol. The minimum atomic E-state index is -1.18. The molecule has 6 heteroatoms. The fourth-order valence-corrected chi connectivity index (χ4v) is 2.85. The highest BCUT2D eigenvalue weighted by molar-refractivity contribution is 6.32. The Hall–Kier alpha value is -1.49. The molecular weight excluding hydrogens is 275 g/mol. The van der Waals surface area contributed by atoms with Crippen LogP contribution in [0.25, 0.3) is 0 Å². The van der Waals surface area contributed by atoms with Crippen molar-refractivity contribution < 1.29 is 23.8 Å². The fraction of sp³-hybridized carbons (Fsp3) is 0.462. The smallest absolute Gasteiger partial charge is 0.314 e. The number of fused-ring (bicyclic) bond motifs is 1. The largest absolute Gasteiger partial charge is 0.486 e. The Labute approximate surface area is 114 Å². The molecule has 1 aliphatic carbocycles. The molecule has 19 heavy (non-hydrogen) atoms. The molecule has 3 rings (SSSR count). The van der Waals surface area contributed by atoms with Gasteiger partial charge in [-0.3, -0.25) is 4.79 Å². The number of hydrogen-bond donors (Lipinski definition) is 1. The third-order valence-corrected chi connectivity index (χ3v) is 4.18. The molecule has 1 N–H and O–H groups in total. The summed E-state index contributed by atoms with van der Waals surface area (Å²) in [5, 5.41) is 9.18. The minimum absolute atomic E-state index is 0.0977. The van der Waals surface area contributed by atoms with Crippen LogP contribution < -0.4 is 9.47 Å². The summed E-state index contributed by atoms with van der Waals surface area (Å²) in [6.07, 6.45) is 1.59. The molecule has 0 atom stereocenters. The average molecular weight is 287 g/mol. The third kappa shape index (κ3) is 1.68. The molecule has 102 valence electrons. The number of rotatable bonds is 2. The Morgan fingerprint density at radius 1 is 1.37 bits per heavy atom. The fourth-order valence-electron chi connectivity index (χ4n) is 2.60. The van der Waals surface area contributed by atoms with Crippen LogP contribution in [0.3, 0.4) is 0 Å². The van der Waals surface area contributed by atoms with Gasteiger partial charge in [0, 0.05) is 5.56 Å². The van der Waals surface area contributed by atoms with Crippen LogP contribution in [0.5, 0.6) is 11.5 Å². The molecule has 0 saturated heterocycles. The van der Waals surface area contributed by atoms with Crippen molar-refractivity contribution in [2.45, 2.75) is 24.7 Å². The summed E-state index contributed by atoms with van der Waals surface area (Å²) in [5.74, 6) is -1.26. The standard InChI is InChI=1S/C13H12ClFO4/c14-9-10(15)7(13(12(16)17)2-1-3-13)6-8-11(9)19-5-4-18-8/h6H,1-5H2,(H,16,17). The van der Waals surface area contributed by atoms with Crippen LogP contribution in [0.4, 0.5) is 4.39 Å². The van der Waals surface area contributed by atoms with Crippen LogP contribution in [0.15, 0.2) is 6.07 Å². The van der Waals surface area contributed by atoms with E-state index in [-0.39, 0.29) is 16.3 Å². The topological polar surface area (TPSA) is 55.8 Å². The number of aliphatic carboxylic acids is 1. The van der Waals surface area contributed by atoms with E-state index in [0.717, 1.165) is 6.42 Å². The average Bonchev–Trinajstić information content (AvgIpc) is 2.33. The van der Waals surface area contributed by atoms with E-state index in [0.29, 0.717) is 31.8 Å². The first-order valence-corrected chi connectivity index (χ1v) is 6.45. The predicted octanol–water partition coefficient (Wildman–Crippen LogP) is 2.76. The van der Waals surface area contributed by atoms with Crippen LogP contribution in [0.2, 0.25) is 5.02 Å². The maximum atomic E-state index is 14.3. The van der Waals surface area contributed by atoms with Gasteiger partial charge in [-0.15, -0.1) is 0 Å². The van der Waals surface area contributed by atoms with E-state index in [9.17, 15) is 14.3 Å². The van der Waals surface area contributed by atoms with Gasteiger partial charge in [0.2, 0.25) is 0 Å². The molecule has 1 aromatic rings. The third-order valence-electron chi connectivity index (χ3n) is 3.85. The predicted molar refractivity (Wildman–Crippen MR) is 65.6 cm³/mol. The summed E-state index contributed by atoms with van der Waals surface area (Å²) in [4.78, 5) is 11.5. The summed E-state index contributed by atoms with van der Waals surface area (Å²) in [6, 6.07) is 1.42.